The first kappa shape index (κ1) is 35.3. The van der Waals surface area contributed by atoms with Gasteiger partial charge in [-0.1, -0.05) is 0 Å². The van der Waals surface area contributed by atoms with E-state index >= 15 is 0 Å². The van der Waals surface area contributed by atoms with Crippen molar-refractivity contribution in [1.82, 2.24) is 0 Å². The molecule has 254 valence electrons. The summed E-state index contributed by atoms with van der Waals surface area (Å²) in [5.41, 5.74) is 12.2. The van der Waals surface area contributed by atoms with Crippen LogP contribution in [0.25, 0.3) is 34.4 Å². The predicted molar refractivity (Wildman–Crippen MR) is 223 cm³/mol. The Kier molecular flexibility index (Phi) is 9.24. The van der Waals surface area contributed by atoms with Gasteiger partial charge in [-0.3, -0.25) is 0 Å². The molecule has 2 atom stereocenters. The molecule has 0 spiro atoms. The number of allylic oxidation sites excluding steroid dienone is 2. The van der Waals surface area contributed by atoms with Crippen molar-refractivity contribution >= 4 is 46.7 Å². The third-order valence-electron chi connectivity index (χ3n) is 12.5. The molecule has 0 nitrogen and oxygen atoms in total. The van der Waals surface area contributed by atoms with Crippen LogP contribution in [0.4, 0.5) is 0 Å². The Hall–Kier alpha value is -2.12. The van der Waals surface area contributed by atoms with E-state index in [9.17, 15) is 0 Å². The molecule has 0 amide bonds. The number of benzene rings is 4. The summed E-state index contributed by atoms with van der Waals surface area (Å²) >= 11 is -3.09. The second-order valence-corrected chi connectivity index (χ2v) is 50.0. The maximum atomic E-state index is 2.82. The maximum absolute atomic E-state index is 3.09. The van der Waals surface area contributed by atoms with Crippen molar-refractivity contribution in [2.45, 2.75) is 101 Å². The van der Waals surface area contributed by atoms with Gasteiger partial charge in [0.2, 0.25) is 0 Å². The fourth-order valence-electron chi connectivity index (χ4n) is 9.69. The first-order valence-corrected chi connectivity index (χ1v) is 40.1. The molecular formula is C45H58HfSi3. The zero-order valence-corrected chi connectivity index (χ0v) is 38.5. The van der Waals surface area contributed by atoms with Gasteiger partial charge in [-0.15, -0.1) is 0 Å². The van der Waals surface area contributed by atoms with Crippen molar-refractivity contribution in [1.29, 1.82) is 0 Å². The van der Waals surface area contributed by atoms with E-state index in [1.54, 1.807) is 32.6 Å². The van der Waals surface area contributed by atoms with Crippen molar-refractivity contribution in [3.8, 4) is 22.3 Å². The number of hydrogen-bond donors (Lipinski definition) is 0. The number of rotatable bonds is 9. The first-order chi connectivity index (χ1) is 23.2. The van der Waals surface area contributed by atoms with Gasteiger partial charge < -0.3 is 0 Å². The molecule has 0 aromatic heterocycles. The monoisotopic (exact) mass is 862 g/mol. The topological polar surface area (TPSA) is 0 Å². The standard InChI is InChI=1S/C43H52Si3.2CH3.Hf/c1-9-10-11-12-27-46(8,38-28-34-15-13-17-40(42(34)30-38)32-19-23-36(24-20-32)44(2,3)4)39-29-35-16-14-18-41(43(35)31-39)33-21-25-37(26-22-33)45(5,6)7;;;/h13-26,28-31H,9-12,27H2,1-8H3;2*1H3;. The first-order valence-electron chi connectivity index (χ1n) is 19.1. The van der Waals surface area contributed by atoms with Crippen LogP contribution in [0, 0.1) is 0 Å². The molecule has 7 rings (SSSR count). The Labute approximate surface area is 305 Å². The van der Waals surface area contributed by atoms with Crippen LogP contribution in [-0.4, -0.2) is 24.2 Å². The molecule has 1 saturated heterocycles. The van der Waals surface area contributed by atoms with Gasteiger partial charge in [-0.2, -0.15) is 0 Å². The normalized spacial score (nSPS) is 22.2. The minimum atomic E-state index is -3.09. The van der Waals surface area contributed by atoms with Gasteiger partial charge in [0.1, 0.15) is 0 Å². The Morgan fingerprint density at radius 1 is 0.571 bits per heavy atom. The van der Waals surface area contributed by atoms with E-state index < -0.39 is 44.2 Å². The second-order valence-electron chi connectivity index (χ2n) is 18.3. The molecule has 4 aromatic carbocycles. The average molecular weight is 862 g/mol. The molecule has 49 heavy (non-hydrogen) atoms. The fraction of sp³-hybridized carbons (Fsp3) is 0.378. The van der Waals surface area contributed by atoms with Crippen molar-refractivity contribution in [3.05, 3.63) is 118 Å². The van der Waals surface area contributed by atoms with Gasteiger partial charge >= 0.3 is 308 Å². The molecule has 1 heterocycles. The van der Waals surface area contributed by atoms with Crippen molar-refractivity contribution in [2.75, 3.05) is 0 Å². The molecule has 2 aliphatic carbocycles. The van der Waals surface area contributed by atoms with Crippen LogP contribution in [-0.2, 0) is 20.0 Å². The van der Waals surface area contributed by atoms with Gasteiger partial charge in [-0.25, -0.2) is 0 Å². The van der Waals surface area contributed by atoms with Gasteiger partial charge in [-0.05, 0) is 0 Å². The van der Waals surface area contributed by atoms with Crippen LogP contribution in [0.3, 0.4) is 0 Å². The van der Waals surface area contributed by atoms with Crippen LogP contribution < -0.4 is 10.4 Å². The van der Waals surface area contributed by atoms with Gasteiger partial charge in [0, 0.05) is 0 Å². The van der Waals surface area contributed by atoms with Crippen molar-refractivity contribution < 1.29 is 20.0 Å². The SMILES string of the molecule is CCCCCC[Si]1(C)C2=Cc3c(-c4ccc([Si](C)(C)C)cc4)cccc3[CH]2[Hf]([CH3])([CH3])[CH]2C1=Cc1c(-c3ccc([Si](C)(C)C)cc3)cccc12. The zero-order chi connectivity index (χ0) is 34.9. The Morgan fingerprint density at radius 3 is 1.39 bits per heavy atom. The van der Waals surface area contributed by atoms with Crippen LogP contribution in [0.5, 0.6) is 0 Å². The summed E-state index contributed by atoms with van der Waals surface area (Å²) in [4.78, 5) is 0. The van der Waals surface area contributed by atoms with E-state index in [0.29, 0.717) is 7.35 Å². The Morgan fingerprint density at radius 2 is 1.00 bits per heavy atom. The second kappa shape index (κ2) is 12.8. The molecule has 1 fully saturated rings. The Balaban J connectivity index is 1.38. The summed E-state index contributed by atoms with van der Waals surface area (Å²) in [5, 5.41) is 6.89. The number of fused-ring (bicyclic) bond motifs is 6. The fourth-order valence-corrected chi connectivity index (χ4v) is 44.5. The number of hydrogen-bond acceptors (Lipinski definition) is 0. The molecule has 1 aliphatic heterocycles. The molecule has 0 radical (unpaired) electrons. The molecule has 2 unspecified atom stereocenters. The molecule has 4 aromatic rings. The van der Waals surface area contributed by atoms with Crippen LogP contribution in [0.1, 0.15) is 62.2 Å². The summed E-state index contributed by atoms with van der Waals surface area (Å²) in [6.45, 7) is 19.9. The van der Waals surface area contributed by atoms with Gasteiger partial charge in [0.15, 0.2) is 0 Å². The summed E-state index contributed by atoms with van der Waals surface area (Å²) in [5.74, 6) is 0. The van der Waals surface area contributed by atoms with Crippen LogP contribution in [0.2, 0.25) is 61.2 Å². The van der Waals surface area contributed by atoms with E-state index in [2.05, 4.69) is 159 Å². The minimum absolute atomic E-state index is 0.680. The third-order valence-corrected chi connectivity index (χ3v) is 38.7. The zero-order valence-electron chi connectivity index (χ0n) is 31.9. The Bertz CT molecular complexity index is 1820. The predicted octanol–water partition coefficient (Wildman–Crippen LogP) is 12.7. The van der Waals surface area contributed by atoms with Crippen LogP contribution >= 0.6 is 0 Å². The summed E-state index contributed by atoms with van der Waals surface area (Å²) in [6, 6.07) is 35.5. The molecule has 0 N–H and O–H groups in total. The van der Waals surface area contributed by atoms with Gasteiger partial charge in [0.05, 0.1) is 0 Å². The molecule has 4 heteroatoms. The molecule has 0 saturated carbocycles. The molecular weight excluding hydrogens is 803 g/mol. The summed E-state index contributed by atoms with van der Waals surface area (Å²) < 4.78 is 7.01. The summed E-state index contributed by atoms with van der Waals surface area (Å²) in [6.07, 6.45) is 11.0. The van der Waals surface area contributed by atoms with Crippen LogP contribution in [0.15, 0.2) is 95.3 Å². The number of unbranched alkanes of at least 4 members (excludes halogenated alkanes) is 3. The van der Waals surface area contributed by atoms with E-state index in [4.69, 9.17) is 0 Å². The molecule has 0 bridgehead atoms. The third kappa shape index (κ3) is 6.05. The average Bonchev–Trinajstić information content (AvgIpc) is 3.67. The summed E-state index contributed by atoms with van der Waals surface area (Å²) in [7, 11) is -4.64. The quantitative estimate of drug-likeness (QED) is 0.116. The van der Waals surface area contributed by atoms with E-state index in [1.165, 1.54) is 54.0 Å². The van der Waals surface area contributed by atoms with Crippen molar-refractivity contribution in [2.24, 2.45) is 0 Å². The van der Waals surface area contributed by atoms with Gasteiger partial charge in [0.25, 0.3) is 0 Å². The van der Waals surface area contributed by atoms with E-state index in [1.807, 2.05) is 10.4 Å². The van der Waals surface area contributed by atoms with E-state index in [-0.39, 0.29) is 0 Å². The molecule has 3 aliphatic rings. The van der Waals surface area contributed by atoms with E-state index in [0.717, 1.165) is 0 Å². The van der Waals surface area contributed by atoms with Crippen molar-refractivity contribution in [3.63, 3.8) is 0 Å².